The van der Waals surface area contributed by atoms with Crippen LogP contribution in [-0.2, 0) is 0 Å². The second-order valence-electron chi connectivity index (χ2n) is 4.19. The highest BCUT2D eigenvalue weighted by Crippen LogP contribution is 2.22. The fourth-order valence-electron chi connectivity index (χ4n) is 1.91. The van der Waals surface area contributed by atoms with E-state index >= 15 is 0 Å². The van der Waals surface area contributed by atoms with Gasteiger partial charge in [-0.1, -0.05) is 18.2 Å². The van der Waals surface area contributed by atoms with Gasteiger partial charge in [0.2, 0.25) is 0 Å². The van der Waals surface area contributed by atoms with Crippen molar-refractivity contribution in [1.29, 1.82) is 0 Å². The lowest BCUT2D eigenvalue weighted by Gasteiger charge is -2.04. The predicted molar refractivity (Wildman–Crippen MR) is 71.9 cm³/mol. The topological polar surface area (TPSA) is 64.7 Å². The SMILES string of the molecule is Cc1ccc2ccc(-c3cc(N)ncn3)cc2n1. The molecule has 0 bridgehead atoms. The molecule has 3 rings (SSSR count). The van der Waals surface area contributed by atoms with Crippen LogP contribution >= 0.6 is 0 Å². The van der Waals surface area contributed by atoms with Crippen LogP contribution in [0, 0.1) is 6.92 Å². The molecular formula is C14H12N4. The molecule has 0 saturated carbocycles. The van der Waals surface area contributed by atoms with E-state index in [-0.39, 0.29) is 0 Å². The first kappa shape index (κ1) is 10.7. The van der Waals surface area contributed by atoms with Crippen LogP contribution in [0.25, 0.3) is 22.2 Å². The summed E-state index contributed by atoms with van der Waals surface area (Å²) in [4.78, 5) is 12.6. The van der Waals surface area contributed by atoms with Crippen molar-refractivity contribution >= 4 is 16.7 Å². The lowest BCUT2D eigenvalue weighted by Crippen LogP contribution is -1.93. The second-order valence-corrected chi connectivity index (χ2v) is 4.19. The minimum Gasteiger partial charge on any atom is -0.384 e. The molecule has 0 spiro atoms. The molecule has 2 aromatic heterocycles. The molecule has 0 radical (unpaired) electrons. The van der Waals surface area contributed by atoms with Crippen LogP contribution in [-0.4, -0.2) is 15.0 Å². The van der Waals surface area contributed by atoms with Gasteiger partial charge in [0.05, 0.1) is 11.2 Å². The summed E-state index contributed by atoms with van der Waals surface area (Å²) in [6.45, 7) is 1.98. The maximum atomic E-state index is 5.67. The van der Waals surface area contributed by atoms with Gasteiger partial charge >= 0.3 is 0 Å². The van der Waals surface area contributed by atoms with Crippen LogP contribution in [0.4, 0.5) is 5.82 Å². The molecule has 18 heavy (non-hydrogen) atoms. The fraction of sp³-hybridized carbons (Fsp3) is 0.0714. The summed E-state index contributed by atoms with van der Waals surface area (Å²) >= 11 is 0. The average molecular weight is 236 g/mol. The van der Waals surface area contributed by atoms with E-state index in [9.17, 15) is 0 Å². The number of benzene rings is 1. The van der Waals surface area contributed by atoms with Crippen LogP contribution in [0.3, 0.4) is 0 Å². The van der Waals surface area contributed by atoms with Gasteiger partial charge in [0.1, 0.15) is 12.1 Å². The molecule has 4 heteroatoms. The normalized spacial score (nSPS) is 10.7. The van der Waals surface area contributed by atoms with Crippen molar-refractivity contribution in [3.63, 3.8) is 0 Å². The summed E-state index contributed by atoms with van der Waals surface area (Å²) in [7, 11) is 0. The van der Waals surface area contributed by atoms with Gasteiger partial charge in [-0.05, 0) is 19.1 Å². The van der Waals surface area contributed by atoms with Gasteiger partial charge in [0.15, 0.2) is 0 Å². The van der Waals surface area contributed by atoms with Gasteiger partial charge in [0.25, 0.3) is 0 Å². The Morgan fingerprint density at radius 3 is 2.67 bits per heavy atom. The molecule has 2 heterocycles. The number of anilines is 1. The number of aryl methyl sites for hydroxylation is 1. The molecule has 0 aliphatic carbocycles. The predicted octanol–water partition coefficient (Wildman–Crippen LogP) is 2.58. The van der Waals surface area contributed by atoms with Gasteiger partial charge in [-0.15, -0.1) is 0 Å². The van der Waals surface area contributed by atoms with E-state index in [4.69, 9.17) is 5.73 Å². The number of nitrogens with zero attached hydrogens (tertiary/aromatic N) is 3. The summed E-state index contributed by atoms with van der Waals surface area (Å²) in [6.07, 6.45) is 1.47. The van der Waals surface area contributed by atoms with Crippen molar-refractivity contribution in [3.8, 4) is 11.3 Å². The number of aromatic nitrogens is 3. The lowest BCUT2D eigenvalue weighted by molar-refractivity contribution is 1.18. The number of hydrogen-bond acceptors (Lipinski definition) is 4. The van der Waals surface area contributed by atoms with Crippen molar-refractivity contribution in [1.82, 2.24) is 15.0 Å². The molecule has 0 aliphatic heterocycles. The van der Waals surface area contributed by atoms with E-state index in [1.807, 2.05) is 31.2 Å². The van der Waals surface area contributed by atoms with Gasteiger partial charge < -0.3 is 5.73 Å². The van der Waals surface area contributed by atoms with Crippen LogP contribution in [0.2, 0.25) is 0 Å². The quantitative estimate of drug-likeness (QED) is 0.705. The van der Waals surface area contributed by atoms with E-state index in [1.165, 1.54) is 6.33 Å². The van der Waals surface area contributed by atoms with Crippen LogP contribution < -0.4 is 5.73 Å². The number of rotatable bonds is 1. The summed E-state index contributed by atoms with van der Waals surface area (Å²) in [5.74, 6) is 0.470. The summed E-state index contributed by atoms with van der Waals surface area (Å²) in [5, 5.41) is 1.12. The van der Waals surface area contributed by atoms with Crippen molar-refractivity contribution in [2.45, 2.75) is 6.92 Å². The molecule has 88 valence electrons. The van der Waals surface area contributed by atoms with Gasteiger partial charge in [-0.2, -0.15) is 0 Å². The number of nitrogens with two attached hydrogens (primary N) is 1. The van der Waals surface area contributed by atoms with E-state index in [1.54, 1.807) is 6.07 Å². The van der Waals surface area contributed by atoms with Gasteiger partial charge in [-0.25, -0.2) is 9.97 Å². The lowest BCUT2D eigenvalue weighted by atomic mass is 10.1. The Morgan fingerprint density at radius 1 is 1.00 bits per heavy atom. The fourth-order valence-corrected chi connectivity index (χ4v) is 1.91. The average Bonchev–Trinajstić information content (AvgIpc) is 2.38. The highest BCUT2D eigenvalue weighted by molar-refractivity contribution is 5.83. The van der Waals surface area contributed by atoms with Crippen molar-refractivity contribution in [2.24, 2.45) is 0 Å². The number of fused-ring (bicyclic) bond motifs is 1. The maximum absolute atomic E-state index is 5.67. The largest absolute Gasteiger partial charge is 0.384 e. The summed E-state index contributed by atoms with van der Waals surface area (Å²) in [6, 6.07) is 11.9. The Hall–Kier alpha value is -2.49. The van der Waals surface area contributed by atoms with Crippen molar-refractivity contribution in [3.05, 3.63) is 48.4 Å². The second kappa shape index (κ2) is 4.07. The van der Waals surface area contributed by atoms with Gasteiger partial charge in [0, 0.05) is 22.7 Å². The zero-order chi connectivity index (χ0) is 12.5. The molecular weight excluding hydrogens is 224 g/mol. The minimum atomic E-state index is 0.470. The van der Waals surface area contributed by atoms with Crippen molar-refractivity contribution in [2.75, 3.05) is 5.73 Å². The van der Waals surface area contributed by atoms with Gasteiger partial charge in [-0.3, -0.25) is 4.98 Å². The third-order valence-corrected chi connectivity index (χ3v) is 2.82. The summed E-state index contributed by atoms with van der Waals surface area (Å²) in [5.41, 5.74) is 9.44. The molecule has 0 fully saturated rings. The summed E-state index contributed by atoms with van der Waals surface area (Å²) < 4.78 is 0. The first-order chi connectivity index (χ1) is 8.72. The highest BCUT2D eigenvalue weighted by Gasteiger charge is 2.03. The number of nitrogen functional groups attached to an aromatic ring is 1. The van der Waals surface area contributed by atoms with Crippen LogP contribution in [0.5, 0.6) is 0 Å². The van der Waals surface area contributed by atoms with Crippen LogP contribution in [0.15, 0.2) is 42.7 Å². The third-order valence-electron chi connectivity index (χ3n) is 2.82. The smallest absolute Gasteiger partial charge is 0.127 e. The molecule has 0 unspecified atom stereocenters. The Labute approximate surface area is 105 Å². The molecule has 2 N–H and O–H groups in total. The Kier molecular flexibility index (Phi) is 2.41. The molecule has 0 atom stereocenters. The van der Waals surface area contributed by atoms with E-state index < -0.39 is 0 Å². The molecule has 0 saturated heterocycles. The first-order valence-electron chi connectivity index (χ1n) is 5.68. The van der Waals surface area contributed by atoms with E-state index in [0.717, 1.165) is 27.9 Å². The maximum Gasteiger partial charge on any atom is 0.127 e. The minimum absolute atomic E-state index is 0.470. The van der Waals surface area contributed by atoms with E-state index in [2.05, 4.69) is 21.0 Å². The molecule has 1 aromatic carbocycles. The standard InChI is InChI=1S/C14H12N4/c1-9-2-3-10-4-5-11(6-13(10)18-9)12-7-14(15)17-8-16-12/h2-8H,1H3,(H2,15,16,17). The number of hydrogen-bond donors (Lipinski definition) is 1. The monoisotopic (exact) mass is 236 g/mol. The van der Waals surface area contributed by atoms with E-state index in [0.29, 0.717) is 5.82 Å². The molecule has 0 aliphatic rings. The first-order valence-corrected chi connectivity index (χ1v) is 5.68. The highest BCUT2D eigenvalue weighted by atomic mass is 14.9. The molecule has 3 aromatic rings. The Morgan fingerprint density at radius 2 is 1.83 bits per heavy atom. The molecule has 4 nitrogen and oxygen atoms in total. The Bertz CT molecular complexity index is 722. The Balaban J connectivity index is 2.18. The zero-order valence-corrected chi connectivity index (χ0v) is 9.96. The third kappa shape index (κ3) is 1.88. The zero-order valence-electron chi connectivity index (χ0n) is 9.96. The molecule has 0 amide bonds. The van der Waals surface area contributed by atoms with Crippen LogP contribution in [0.1, 0.15) is 5.69 Å². The number of pyridine rings is 1. The van der Waals surface area contributed by atoms with Crippen molar-refractivity contribution < 1.29 is 0 Å².